The lowest BCUT2D eigenvalue weighted by Gasteiger charge is -2.12. The third-order valence-electron chi connectivity index (χ3n) is 5.09. The van der Waals surface area contributed by atoms with Crippen LogP contribution in [0.2, 0.25) is 0 Å². The van der Waals surface area contributed by atoms with Gasteiger partial charge >= 0.3 is 0 Å². The first-order valence-electron chi connectivity index (χ1n) is 10.2. The Kier molecular flexibility index (Phi) is 9.69. The van der Waals surface area contributed by atoms with E-state index in [-0.39, 0.29) is 35.7 Å². The van der Waals surface area contributed by atoms with Crippen LogP contribution in [0.5, 0.6) is 0 Å². The molecule has 1 aromatic carbocycles. The van der Waals surface area contributed by atoms with E-state index in [1.165, 1.54) is 25.0 Å². The lowest BCUT2D eigenvalue weighted by atomic mass is 10.1. The minimum Gasteiger partial charge on any atom is -0.361 e. The van der Waals surface area contributed by atoms with Gasteiger partial charge in [0.25, 0.3) is 0 Å². The lowest BCUT2D eigenvalue weighted by molar-refractivity contribution is -0.121. The van der Waals surface area contributed by atoms with Gasteiger partial charge < -0.3 is 20.9 Å². The highest BCUT2D eigenvalue weighted by Gasteiger charge is 2.16. The zero-order valence-electron chi connectivity index (χ0n) is 16.9. The van der Waals surface area contributed by atoms with Crippen LogP contribution >= 0.6 is 24.0 Å². The maximum Gasteiger partial charge on any atom is 0.222 e. The first-order valence-corrected chi connectivity index (χ1v) is 10.2. The SMILES string of the molecule is CCNC(=NCCC(=O)NC1CCCC1)NCCc1c[nH]c2cc(F)ccc12.I. The van der Waals surface area contributed by atoms with Gasteiger partial charge in [0.1, 0.15) is 5.82 Å². The number of benzene rings is 1. The van der Waals surface area contributed by atoms with E-state index in [9.17, 15) is 9.18 Å². The fourth-order valence-corrected chi connectivity index (χ4v) is 3.66. The number of nitrogens with zero attached hydrogens (tertiary/aromatic N) is 1. The number of H-pyrrole nitrogens is 1. The molecule has 0 bridgehead atoms. The number of guanidine groups is 1. The Balaban J connectivity index is 0.00000300. The smallest absolute Gasteiger partial charge is 0.222 e. The predicted molar refractivity (Wildman–Crippen MR) is 126 cm³/mol. The van der Waals surface area contributed by atoms with Gasteiger partial charge in [-0.2, -0.15) is 0 Å². The summed E-state index contributed by atoms with van der Waals surface area (Å²) in [6.45, 7) is 3.93. The molecule has 0 saturated heterocycles. The van der Waals surface area contributed by atoms with Crippen LogP contribution in [-0.2, 0) is 11.2 Å². The van der Waals surface area contributed by atoms with Gasteiger partial charge in [0.15, 0.2) is 5.96 Å². The number of aromatic amines is 1. The van der Waals surface area contributed by atoms with Crippen LogP contribution in [0.3, 0.4) is 0 Å². The molecule has 1 saturated carbocycles. The fraction of sp³-hybridized carbons (Fsp3) is 0.524. The second-order valence-corrected chi connectivity index (χ2v) is 7.24. The number of nitrogens with one attached hydrogen (secondary N) is 4. The topological polar surface area (TPSA) is 81.3 Å². The minimum atomic E-state index is -0.238. The van der Waals surface area contributed by atoms with Crippen molar-refractivity contribution in [2.24, 2.45) is 4.99 Å². The van der Waals surface area contributed by atoms with Gasteiger partial charge in [-0.1, -0.05) is 12.8 Å². The van der Waals surface area contributed by atoms with Crippen molar-refractivity contribution >= 4 is 46.7 Å². The maximum atomic E-state index is 13.3. The first-order chi connectivity index (χ1) is 13.7. The van der Waals surface area contributed by atoms with Gasteiger partial charge in [-0.25, -0.2) is 4.39 Å². The number of fused-ring (bicyclic) bond motifs is 1. The largest absolute Gasteiger partial charge is 0.361 e. The normalized spacial score (nSPS) is 14.6. The fourth-order valence-electron chi connectivity index (χ4n) is 3.66. The van der Waals surface area contributed by atoms with Crippen molar-refractivity contribution in [3.63, 3.8) is 0 Å². The summed E-state index contributed by atoms with van der Waals surface area (Å²) in [4.78, 5) is 19.6. The Morgan fingerprint density at radius 1 is 1.28 bits per heavy atom. The van der Waals surface area contributed by atoms with Crippen LogP contribution in [-0.4, -0.2) is 42.5 Å². The molecule has 1 aliphatic carbocycles. The number of halogens is 2. The minimum absolute atomic E-state index is 0. The Morgan fingerprint density at radius 3 is 2.83 bits per heavy atom. The Morgan fingerprint density at radius 2 is 2.07 bits per heavy atom. The number of rotatable bonds is 8. The van der Waals surface area contributed by atoms with Crippen molar-refractivity contribution in [1.29, 1.82) is 0 Å². The summed E-state index contributed by atoms with van der Waals surface area (Å²) in [6.07, 6.45) is 7.73. The molecule has 0 spiro atoms. The van der Waals surface area contributed by atoms with Gasteiger partial charge in [-0.3, -0.25) is 9.79 Å². The molecule has 1 aromatic heterocycles. The molecule has 2 aromatic rings. The van der Waals surface area contributed by atoms with Crippen LogP contribution in [0.1, 0.15) is 44.6 Å². The Labute approximate surface area is 188 Å². The van der Waals surface area contributed by atoms with Gasteiger partial charge in [0, 0.05) is 42.7 Å². The molecular weight excluding hydrogens is 484 g/mol. The van der Waals surface area contributed by atoms with Crippen LogP contribution in [0.4, 0.5) is 4.39 Å². The Bertz CT molecular complexity index is 817. The van der Waals surface area contributed by atoms with Crippen molar-refractivity contribution in [3.05, 3.63) is 35.8 Å². The van der Waals surface area contributed by atoms with E-state index >= 15 is 0 Å². The summed E-state index contributed by atoms with van der Waals surface area (Å²) >= 11 is 0. The second-order valence-electron chi connectivity index (χ2n) is 7.24. The van der Waals surface area contributed by atoms with E-state index in [0.29, 0.717) is 31.5 Å². The number of amides is 1. The molecule has 0 radical (unpaired) electrons. The summed E-state index contributed by atoms with van der Waals surface area (Å²) < 4.78 is 13.3. The van der Waals surface area contributed by atoms with Crippen molar-refractivity contribution in [2.75, 3.05) is 19.6 Å². The molecule has 0 unspecified atom stereocenters. The summed E-state index contributed by atoms with van der Waals surface area (Å²) in [5.41, 5.74) is 1.94. The van der Waals surface area contributed by atoms with E-state index in [1.807, 2.05) is 13.1 Å². The first kappa shape index (κ1) is 23.4. The standard InChI is InChI=1S/C21H30FN5O.HI/c1-2-23-21(25-12-10-20(28)27-17-5-3-4-6-17)24-11-9-15-14-26-19-13-16(22)7-8-18(15)19;/h7-8,13-14,17,26H,2-6,9-12H2,1H3,(H,27,28)(H2,23,24,25);1H. The van der Waals surface area contributed by atoms with Crippen LogP contribution in [0.15, 0.2) is 29.4 Å². The molecule has 1 amide bonds. The third-order valence-corrected chi connectivity index (χ3v) is 5.09. The van der Waals surface area contributed by atoms with Gasteiger partial charge in [-0.05, 0) is 49.9 Å². The highest BCUT2D eigenvalue weighted by molar-refractivity contribution is 14.0. The number of carbonyl (C=O) groups is 1. The highest BCUT2D eigenvalue weighted by atomic mass is 127. The quantitative estimate of drug-likeness (QED) is 0.247. The molecule has 1 fully saturated rings. The van der Waals surface area contributed by atoms with Gasteiger partial charge in [0.2, 0.25) is 5.91 Å². The average Bonchev–Trinajstić information content (AvgIpc) is 3.31. The van der Waals surface area contributed by atoms with Crippen LogP contribution in [0.25, 0.3) is 10.9 Å². The molecule has 160 valence electrons. The molecule has 4 N–H and O–H groups in total. The summed E-state index contributed by atoms with van der Waals surface area (Å²) in [5, 5.41) is 10.6. The summed E-state index contributed by atoms with van der Waals surface area (Å²) in [6, 6.07) is 5.15. The monoisotopic (exact) mass is 515 g/mol. The zero-order valence-corrected chi connectivity index (χ0v) is 19.2. The summed E-state index contributed by atoms with van der Waals surface area (Å²) in [7, 11) is 0. The molecule has 6 nitrogen and oxygen atoms in total. The molecule has 0 aliphatic heterocycles. The van der Waals surface area contributed by atoms with E-state index in [4.69, 9.17) is 0 Å². The van der Waals surface area contributed by atoms with E-state index in [2.05, 4.69) is 25.9 Å². The third kappa shape index (κ3) is 7.17. The van der Waals surface area contributed by atoms with Crippen molar-refractivity contribution in [1.82, 2.24) is 20.9 Å². The van der Waals surface area contributed by atoms with E-state index < -0.39 is 0 Å². The molecule has 8 heteroatoms. The van der Waals surface area contributed by atoms with Crippen molar-refractivity contribution in [3.8, 4) is 0 Å². The molecule has 1 heterocycles. The molecule has 29 heavy (non-hydrogen) atoms. The number of hydrogen-bond acceptors (Lipinski definition) is 2. The van der Waals surface area contributed by atoms with Gasteiger partial charge in [-0.15, -0.1) is 24.0 Å². The van der Waals surface area contributed by atoms with Crippen molar-refractivity contribution in [2.45, 2.75) is 51.5 Å². The maximum absolute atomic E-state index is 13.3. The van der Waals surface area contributed by atoms with Crippen LogP contribution in [0, 0.1) is 5.82 Å². The predicted octanol–water partition coefficient (Wildman–Crippen LogP) is 3.47. The zero-order chi connectivity index (χ0) is 19.8. The molecule has 3 rings (SSSR count). The number of hydrogen-bond donors (Lipinski definition) is 4. The van der Waals surface area contributed by atoms with Crippen molar-refractivity contribution < 1.29 is 9.18 Å². The average molecular weight is 515 g/mol. The molecular formula is C21H31FIN5O. The molecule has 0 atom stereocenters. The second kappa shape index (κ2) is 12.0. The highest BCUT2D eigenvalue weighted by Crippen LogP contribution is 2.19. The lowest BCUT2D eigenvalue weighted by Crippen LogP contribution is -2.38. The summed E-state index contributed by atoms with van der Waals surface area (Å²) in [5.74, 6) is 0.553. The number of aliphatic imine (C=N–C) groups is 1. The molecule has 1 aliphatic rings. The van der Waals surface area contributed by atoms with E-state index in [1.54, 1.807) is 6.07 Å². The number of carbonyl (C=O) groups excluding carboxylic acids is 1. The van der Waals surface area contributed by atoms with E-state index in [0.717, 1.165) is 42.3 Å². The number of aromatic nitrogens is 1. The van der Waals surface area contributed by atoms with Gasteiger partial charge in [0.05, 0.1) is 6.54 Å². The van der Waals surface area contributed by atoms with Crippen LogP contribution < -0.4 is 16.0 Å². The Hall–Kier alpha value is -1.84.